The average Bonchev–Trinajstić information content (AvgIpc) is 2.88. The number of amides is 2. The Kier molecular flexibility index (Phi) is 9.83. The second-order valence-corrected chi connectivity index (χ2v) is 12.1. The summed E-state index contributed by atoms with van der Waals surface area (Å²) >= 11 is 0. The van der Waals surface area contributed by atoms with Crippen LogP contribution in [0.5, 0.6) is 5.75 Å². The highest BCUT2D eigenvalue weighted by Gasteiger charge is 2.41. The van der Waals surface area contributed by atoms with Crippen LogP contribution < -0.4 is 9.64 Å². The number of benzene rings is 2. The van der Waals surface area contributed by atoms with Gasteiger partial charge in [0.15, 0.2) is 9.84 Å². The van der Waals surface area contributed by atoms with E-state index in [1.54, 1.807) is 13.8 Å². The third-order valence-electron chi connectivity index (χ3n) is 6.72. The van der Waals surface area contributed by atoms with Crippen molar-refractivity contribution in [1.29, 1.82) is 0 Å². The predicted molar refractivity (Wildman–Crippen MR) is 142 cm³/mol. The van der Waals surface area contributed by atoms with Crippen LogP contribution in [0, 0.1) is 0 Å². The molecule has 0 aliphatic carbocycles. The van der Waals surface area contributed by atoms with E-state index in [-0.39, 0.29) is 41.7 Å². The van der Waals surface area contributed by atoms with Crippen LogP contribution in [0.4, 0.5) is 41.6 Å². The van der Waals surface area contributed by atoms with Crippen LogP contribution in [0.1, 0.15) is 54.1 Å². The van der Waals surface area contributed by atoms with E-state index in [4.69, 9.17) is 14.2 Å². The fraction of sp³-hybridized carbons (Fsp3) is 0.481. The van der Waals surface area contributed by atoms with Crippen LogP contribution in [-0.2, 0) is 44.0 Å². The van der Waals surface area contributed by atoms with Gasteiger partial charge in [-0.05, 0) is 56.2 Å². The molecule has 2 aromatic carbocycles. The first kappa shape index (κ1) is 33.8. The SMILES string of the molecule is CCOC(=O)N1c2cc(CS(C)(=O)=O)c(OC)cc2[C@@H](N(Cc2cc(C(F)(F)F)cc(C(F)(F)F)c2)C(=O)OC)C[C@H]1C. The van der Waals surface area contributed by atoms with Crippen molar-refractivity contribution in [3.63, 3.8) is 0 Å². The lowest BCUT2D eigenvalue weighted by molar-refractivity contribution is -0.143. The normalized spacial score (nSPS) is 17.2. The second-order valence-electron chi connectivity index (χ2n) is 9.97. The standard InChI is InChI=1S/C27H30F6N2O7S/c1-6-42-25(37)35-15(2)7-21(20-12-23(40-3)17(10-22(20)35)14-43(5,38)39)34(24(36)41-4)13-16-8-18(26(28,29)30)11-19(9-16)27(31,32)33/h8-12,15,21H,6-7,13-14H2,1-5H3/t15-,21+/m1/s1. The number of hydrogen-bond acceptors (Lipinski definition) is 7. The summed E-state index contributed by atoms with van der Waals surface area (Å²) in [5.41, 5.74) is -3.09. The number of sulfone groups is 1. The molecule has 0 fully saturated rings. The van der Waals surface area contributed by atoms with E-state index < -0.39 is 75.4 Å². The zero-order valence-electron chi connectivity index (χ0n) is 23.8. The quantitative estimate of drug-likeness (QED) is 0.326. The zero-order valence-corrected chi connectivity index (χ0v) is 24.6. The number of carbonyl (C=O) groups excluding carboxylic acids is 2. The second kappa shape index (κ2) is 12.5. The van der Waals surface area contributed by atoms with Gasteiger partial charge in [-0.15, -0.1) is 0 Å². The molecule has 0 bridgehead atoms. The largest absolute Gasteiger partial charge is 0.496 e. The van der Waals surface area contributed by atoms with Crippen molar-refractivity contribution in [2.75, 3.05) is 32.0 Å². The number of nitrogens with zero attached hydrogens (tertiary/aromatic N) is 2. The van der Waals surface area contributed by atoms with Crippen molar-refractivity contribution in [3.05, 3.63) is 58.1 Å². The maximum Gasteiger partial charge on any atom is 0.416 e. The van der Waals surface area contributed by atoms with Crippen LogP contribution in [0.25, 0.3) is 0 Å². The molecule has 2 amide bonds. The molecule has 2 aromatic rings. The zero-order chi connectivity index (χ0) is 32.5. The van der Waals surface area contributed by atoms with Gasteiger partial charge in [-0.3, -0.25) is 9.80 Å². The lowest BCUT2D eigenvalue weighted by atomic mass is 9.89. The molecule has 0 saturated heterocycles. The molecule has 16 heteroatoms. The highest BCUT2D eigenvalue weighted by atomic mass is 32.2. The third kappa shape index (κ3) is 7.83. The van der Waals surface area contributed by atoms with Gasteiger partial charge in [-0.25, -0.2) is 18.0 Å². The molecule has 0 aromatic heterocycles. The number of hydrogen-bond donors (Lipinski definition) is 0. The molecule has 1 aliphatic rings. The van der Waals surface area contributed by atoms with Crippen LogP contribution in [-0.4, -0.2) is 58.6 Å². The Morgan fingerprint density at radius 2 is 1.58 bits per heavy atom. The first-order valence-corrected chi connectivity index (χ1v) is 14.8. The highest BCUT2D eigenvalue weighted by Crippen LogP contribution is 2.45. The van der Waals surface area contributed by atoms with E-state index >= 15 is 0 Å². The van der Waals surface area contributed by atoms with Crippen molar-refractivity contribution in [2.45, 2.75) is 57.0 Å². The molecule has 0 radical (unpaired) electrons. The van der Waals surface area contributed by atoms with Crippen molar-refractivity contribution in [2.24, 2.45) is 0 Å². The minimum Gasteiger partial charge on any atom is -0.496 e. The molecule has 0 spiro atoms. The number of anilines is 1. The Morgan fingerprint density at radius 3 is 2.05 bits per heavy atom. The fourth-order valence-corrected chi connectivity index (χ4v) is 5.76. The molecular weight excluding hydrogens is 610 g/mol. The molecule has 9 nitrogen and oxygen atoms in total. The van der Waals surface area contributed by atoms with Crippen LogP contribution >= 0.6 is 0 Å². The van der Waals surface area contributed by atoms with Gasteiger partial charge in [0, 0.05) is 30.0 Å². The molecule has 2 atom stereocenters. The summed E-state index contributed by atoms with van der Waals surface area (Å²) in [6.07, 6.45) is -11.1. The average molecular weight is 641 g/mol. The molecule has 3 rings (SSSR count). The minimum atomic E-state index is -5.11. The van der Waals surface area contributed by atoms with E-state index in [1.165, 1.54) is 24.1 Å². The Morgan fingerprint density at radius 1 is 1.00 bits per heavy atom. The van der Waals surface area contributed by atoms with Crippen LogP contribution in [0.3, 0.4) is 0 Å². The first-order chi connectivity index (χ1) is 19.8. The van der Waals surface area contributed by atoms with Gasteiger partial charge in [0.1, 0.15) is 5.75 Å². The first-order valence-electron chi connectivity index (χ1n) is 12.8. The Bertz CT molecular complexity index is 1450. The Labute approximate surface area is 244 Å². The van der Waals surface area contributed by atoms with Gasteiger partial charge in [0.2, 0.25) is 0 Å². The smallest absolute Gasteiger partial charge is 0.416 e. The van der Waals surface area contributed by atoms with E-state index in [1.807, 2.05) is 0 Å². The van der Waals surface area contributed by atoms with Gasteiger partial charge in [-0.1, -0.05) is 0 Å². The molecule has 1 aliphatic heterocycles. The van der Waals surface area contributed by atoms with Gasteiger partial charge < -0.3 is 14.2 Å². The van der Waals surface area contributed by atoms with Gasteiger partial charge in [-0.2, -0.15) is 26.3 Å². The Hall–Kier alpha value is -3.69. The van der Waals surface area contributed by atoms with E-state index in [0.29, 0.717) is 12.1 Å². The van der Waals surface area contributed by atoms with E-state index in [0.717, 1.165) is 18.3 Å². The molecule has 43 heavy (non-hydrogen) atoms. The summed E-state index contributed by atoms with van der Waals surface area (Å²) in [7, 11) is -1.34. The lowest BCUT2D eigenvalue weighted by Crippen LogP contribution is -2.47. The fourth-order valence-electron chi connectivity index (χ4n) is 4.97. The predicted octanol–water partition coefficient (Wildman–Crippen LogP) is 6.34. The topological polar surface area (TPSA) is 102 Å². The number of alkyl halides is 6. The summed E-state index contributed by atoms with van der Waals surface area (Å²) in [6.45, 7) is 2.43. The summed E-state index contributed by atoms with van der Waals surface area (Å²) in [5.74, 6) is -0.416. The number of halogens is 6. The van der Waals surface area contributed by atoms with Crippen LogP contribution in [0.15, 0.2) is 30.3 Å². The molecule has 0 N–H and O–H groups in total. The summed E-state index contributed by atoms with van der Waals surface area (Å²) < 4.78 is 121. The number of ether oxygens (including phenoxy) is 3. The molecule has 0 saturated carbocycles. The van der Waals surface area contributed by atoms with Crippen molar-refractivity contribution < 1.29 is 58.6 Å². The van der Waals surface area contributed by atoms with Crippen LogP contribution in [0.2, 0.25) is 0 Å². The summed E-state index contributed by atoms with van der Waals surface area (Å²) in [5, 5.41) is 0. The number of carbonyl (C=O) groups is 2. The Balaban J connectivity index is 2.25. The molecule has 0 unspecified atom stereocenters. The van der Waals surface area contributed by atoms with Crippen molar-refractivity contribution in [3.8, 4) is 5.75 Å². The highest BCUT2D eigenvalue weighted by molar-refractivity contribution is 7.89. The number of fused-ring (bicyclic) bond motifs is 1. The van der Waals surface area contributed by atoms with Gasteiger partial charge >= 0.3 is 24.5 Å². The van der Waals surface area contributed by atoms with E-state index in [9.17, 15) is 44.3 Å². The number of rotatable bonds is 7. The summed E-state index contributed by atoms with van der Waals surface area (Å²) in [4.78, 5) is 28.2. The maximum absolute atomic E-state index is 13.5. The van der Waals surface area contributed by atoms with Crippen molar-refractivity contribution in [1.82, 2.24) is 4.90 Å². The van der Waals surface area contributed by atoms with Crippen molar-refractivity contribution >= 4 is 27.7 Å². The third-order valence-corrected chi connectivity index (χ3v) is 7.56. The van der Waals surface area contributed by atoms with E-state index in [2.05, 4.69) is 0 Å². The minimum absolute atomic E-state index is 0.00145. The van der Waals surface area contributed by atoms with Gasteiger partial charge in [0.25, 0.3) is 0 Å². The molecular formula is C27H30F6N2O7S. The number of methoxy groups -OCH3 is 2. The lowest BCUT2D eigenvalue weighted by Gasteiger charge is -2.43. The van der Waals surface area contributed by atoms with Gasteiger partial charge in [0.05, 0.1) is 49.4 Å². The monoisotopic (exact) mass is 640 g/mol. The molecule has 238 valence electrons. The maximum atomic E-state index is 13.5. The molecule has 1 heterocycles. The summed E-state index contributed by atoms with van der Waals surface area (Å²) in [6, 6.07) is 1.97.